The summed E-state index contributed by atoms with van der Waals surface area (Å²) in [6.45, 7) is 6.26. The Morgan fingerprint density at radius 3 is 2.71 bits per heavy atom. The maximum Gasteiger partial charge on any atom is 0.329 e. The molecule has 0 aromatic heterocycles. The molecule has 4 nitrogen and oxygen atoms in total. The predicted molar refractivity (Wildman–Crippen MR) is 93.3 cm³/mol. The first-order chi connectivity index (χ1) is 11.5. The van der Waals surface area contributed by atoms with Crippen LogP contribution in [0.25, 0.3) is 0 Å². The second-order valence-electron chi connectivity index (χ2n) is 6.31. The monoisotopic (exact) mass is 353 g/mol. The second-order valence-corrected chi connectivity index (χ2v) is 7.52. The maximum atomic E-state index is 14.0. The standard InChI is InChI=1S/C18H24FNO3S/c1-4-7-16-20(17(21)13-8-5-6-9-14(13)19)15(11-24-16)18(22)23-10-12(2)3/h5-6,8-9,12,15-16H,4,7,10-11H2,1-3H3. The van der Waals surface area contributed by atoms with E-state index in [9.17, 15) is 14.0 Å². The number of esters is 1. The summed E-state index contributed by atoms with van der Waals surface area (Å²) in [5, 5.41) is -0.126. The topological polar surface area (TPSA) is 46.6 Å². The van der Waals surface area contributed by atoms with E-state index in [4.69, 9.17) is 4.74 Å². The Morgan fingerprint density at radius 2 is 2.08 bits per heavy atom. The molecule has 0 aliphatic carbocycles. The quantitative estimate of drug-likeness (QED) is 0.732. The van der Waals surface area contributed by atoms with Gasteiger partial charge in [-0.05, 0) is 24.5 Å². The summed E-state index contributed by atoms with van der Waals surface area (Å²) in [5.41, 5.74) is 0.00256. The third kappa shape index (κ3) is 4.29. The molecule has 1 aromatic carbocycles. The van der Waals surface area contributed by atoms with E-state index in [2.05, 4.69) is 0 Å². The average Bonchev–Trinajstić information content (AvgIpc) is 2.96. The SMILES string of the molecule is CCCC1SCC(C(=O)OCC(C)C)N1C(=O)c1ccccc1F. The van der Waals surface area contributed by atoms with E-state index < -0.39 is 23.7 Å². The van der Waals surface area contributed by atoms with Crippen molar-refractivity contribution >= 4 is 23.6 Å². The molecule has 1 aliphatic heterocycles. The van der Waals surface area contributed by atoms with E-state index in [1.54, 1.807) is 23.9 Å². The lowest BCUT2D eigenvalue weighted by Gasteiger charge is -2.28. The number of carbonyl (C=O) groups is 2. The molecule has 0 saturated carbocycles. The molecule has 0 spiro atoms. The van der Waals surface area contributed by atoms with Gasteiger partial charge >= 0.3 is 5.97 Å². The molecule has 1 amide bonds. The number of thioether (sulfide) groups is 1. The van der Waals surface area contributed by atoms with Crippen molar-refractivity contribution in [1.29, 1.82) is 0 Å². The van der Waals surface area contributed by atoms with Crippen molar-refractivity contribution in [2.24, 2.45) is 5.92 Å². The zero-order valence-electron chi connectivity index (χ0n) is 14.3. The Balaban J connectivity index is 2.23. The number of carbonyl (C=O) groups excluding carboxylic acids is 2. The summed E-state index contributed by atoms with van der Waals surface area (Å²) in [7, 11) is 0. The Hall–Kier alpha value is -1.56. The number of benzene rings is 1. The third-order valence-corrected chi connectivity index (χ3v) is 5.15. The van der Waals surface area contributed by atoms with Gasteiger partial charge in [0.15, 0.2) is 0 Å². The minimum atomic E-state index is -0.655. The molecule has 2 atom stereocenters. The van der Waals surface area contributed by atoms with Gasteiger partial charge in [-0.25, -0.2) is 9.18 Å². The number of halogens is 1. The molecule has 2 unspecified atom stereocenters. The van der Waals surface area contributed by atoms with Crippen LogP contribution in [0, 0.1) is 11.7 Å². The summed E-state index contributed by atoms with van der Waals surface area (Å²) in [6.07, 6.45) is 1.64. The fourth-order valence-electron chi connectivity index (χ4n) is 2.61. The molecule has 1 fully saturated rings. The van der Waals surface area contributed by atoms with Crippen LogP contribution in [0.4, 0.5) is 4.39 Å². The summed E-state index contributed by atoms with van der Waals surface area (Å²) < 4.78 is 19.3. The van der Waals surface area contributed by atoms with Crippen molar-refractivity contribution in [2.75, 3.05) is 12.4 Å². The summed E-state index contributed by atoms with van der Waals surface area (Å²) in [4.78, 5) is 26.8. The van der Waals surface area contributed by atoms with Crippen molar-refractivity contribution in [2.45, 2.75) is 45.0 Å². The van der Waals surface area contributed by atoms with Crippen LogP contribution in [-0.4, -0.2) is 40.6 Å². The summed E-state index contributed by atoms with van der Waals surface area (Å²) >= 11 is 1.56. The van der Waals surface area contributed by atoms with Crippen LogP contribution in [0.1, 0.15) is 44.0 Å². The van der Waals surface area contributed by atoms with Gasteiger partial charge in [0.05, 0.1) is 17.5 Å². The molecule has 2 rings (SSSR count). The third-order valence-electron chi connectivity index (χ3n) is 3.80. The van der Waals surface area contributed by atoms with Gasteiger partial charge in [0, 0.05) is 5.75 Å². The van der Waals surface area contributed by atoms with Gasteiger partial charge in [-0.3, -0.25) is 4.79 Å². The lowest BCUT2D eigenvalue weighted by Crippen LogP contribution is -2.46. The van der Waals surface area contributed by atoms with E-state index in [0.29, 0.717) is 12.4 Å². The predicted octanol–water partition coefficient (Wildman–Crippen LogP) is 3.71. The zero-order chi connectivity index (χ0) is 17.7. The lowest BCUT2D eigenvalue weighted by molar-refractivity contribution is -0.149. The first-order valence-corrected chi connectivity index (χ1v) is 9.36. The van der Waals surface area contributed by atoms with Crippen LogP contribution in [0.2, 0.25) is 0 Å². The molecule has 24 heavy (non-hydrogen) atoms. The van der Waals surface area contributed by atoms with E-state index in [0.717, 1.165) is 12.8 Å². The largest absolute Gasteiger partial charge is 0.464 e. The molecule has 132 valence electrons. The highest BCUT2D eigenvalue weighted by molar-refractivity contribution is 8.00. The first-order valence-electron chi connectivity index (χ1n) is 8.31. The van der Waals surface area contributed by atoms with E-state index in [-0.39, 0.29) is 16.9 Å². The lowest BCUT2D eigenvalue weighted by atomic mass is 10.1. The second kappa shape index (κ2) is 8.51. The number of rotatable bonds is 6. The zero-order valence-corrected chi connectivity index (χ0v) is 15.1. The normalized spacial score (nSPS) is 20.5. The van der Waals surface area contributed by atoms with Crippen LogP contribution < -0.4 is 0 Å². The van der Waals surface area contributed by atoms with Gasteiger partial charge in [0.1, 0.15) is 11.9 Å². The Morgan fingerprint density at radius 1 is 1.38 bits per heavy atom. The number of nitrogens with zero attached hydrogens (tertiary/aromatic N) is 1. The molecule has 0 bridgehead atoms. The molecule has 0 N–H and O–H groups in total. The Labute approximate surface area is 146 Å². The van der Waals surface area contributed by atoms with E-state index >= 15 is 0 Å². The maximum absolute atomic E-state index is 14.0. The van der Waals surface area contributed by atoms with Crippen molar-refractivity contribution in [3.05, 3.63) is 35.6 Å². The van der Waals surface area contributed by atoms with Crippen molar-refractivity contribution in [3.63, 3.8) is 0 Å². The molecule has 1 aromatic rings. The van der Waals surface area contributed by atoms with Gasteiger partial charge in [-0.2, -0.15) is 0 Å². The number of hydrogen-bond donors (Lipinski definition) is 0. The van der Waals surface area contributed by atoms with Crippen molar-refractivity contribution < 1.29 is 18.7 Å². The number of hydrogen-bond acceptors (Lipinski definition) is 4. The number of amides is 1. The van der Waals surface area contributed by atoms with Gasteiger partial charge < -0.3 is 9.64 Å². The van der Waals surface area contributed by atoms with Gasteiger partial charge in [0.2, 0.25) is 0 Å². The molecule has 6 heteroatoms. The van der Waals surface area contributed by atoms with Crippen LogP contribution >= 0.6 is 11.8 Å². The average molecular weight is 353 g/mol. The van der Waals surface area contributed by atoms with Crippen LogP contribution in [-0.2, 0) is 9.53 Å². The first kappa shape index (κ1) is 18.8. The minimum Gasteiger partial charge on any atom is -0.464 e. The smallest absolute Gasteiger partial charge is 0.329 e. The molecule has 0 radical (unpaired) electrons. The highest BCUT2D eigenvalue weighted by Crippen LogP contribution is 2.34. The summed E-state index contributed by atoms with van der Waals surface area (Å²) in [6, 6.07) is 5.23. The van der Waals surface area contributed by atoms with Gasteiger partial charge in [0.25, 0.3) is 5.91 Å². The molecule has 1 saturated heterocycles. The van der Waals surface area contributed by atoms with E-state index in [1.807, 2.05) is 20.8 Å². The number of ether oxygens (including phenoxy) is 1. The molecular formula is C18H24FNO3S. The summed E-state index contributed by atoms with van der Waals surface area (Å²) in [5.74, 6) is -0.696. The van der Waals surface area contributed by atoms with Gasteiger partial charge in [-0.1, -0.05) is 39.3 Å². The highest BCUT2D eigenvalue weighted by atomic mass is 32.2. The fourth-order valence-corrected chi connectivity index (χ4v) is 4.11. The Kier molecular flexibility index (Phi) is 6.66. The highest BCUT2D eigenvalue weighted by Gasteiger charge is 2.42. The van der Waals surface area contributed by atoms with Crippen LogP contribution in [0.15, 0.2) is 24.3 Å². The van der Waals surface area contributed by atoms with Gasteiger partial charge in [-0.15, -0.1) is 11.8 Å². The van der Waals surface area contributed by atoms with Crippen molar-refractivity contribution in [3.8, 4) is 0 Å². The fraction of sp³-hybridized carbons (Fsp3) is 0.556. The Bertz CT molecular complexity index is 593. The van der Waals surface area contributed by atoms with Crippen LogP contribution in [0.3, 0.4) is 0 Å². The minimum absolute atomic E-state index is 0.00256. The molecule has 1 heterocycles. The molecule has 1 aliphatic rings. The molecular weight excluding hydrogens is 329 g/mol. The van der Waals surface area contributed by atoms with Crippen molar-refractivity contribution in [1.82, 2.24) is 4.90 Å². The van der Waals surface area contributed by atoms with Crippen LogP contribution in [0.5, 0.6) is 0 Å². The van der Waals surface area contributed by atoms with E-state index in [1.165, 1.54) is 17.0 Å².